The summed E-state index contributed by atoms with van der Waals surface area (Å²) in [6.07, 6.45) is 8.64. The number of nitrogens with zero attached hydrogens (tertiary/aromatic N) is 2. The van der Waals surface area contributed by atoms with Gasteiger partial charge in [-0.15, -0.1) is 6.58 Å². The zero-order valence-corrected chi connectivity index (χ0v) is 11.5. The molecule has 0 unspecified atom stereocenters. The molecule has 4 nitrogen and oxygen atoms in total. The number of fused-ring (bicyclic) bond motifs is 1. The van der Waals surface area contributed by atoms with Gasteiger partial charge in [-0.2, -0.15) is 0 Å². The van der Waals surface area contributed by atoms with Crippen LogP contribution in [-0.4, -0.2) is 22.0 Å². The first kappa shape index (κ1) is 12.9. The van der Waals surface area contributed by atoms with Gasteiger partial charge in [-0.25, -0.2) is 4.98 Å². The molecule has 2 aromatic rings. The number of carbonyl (C=O) groups is 1. The van der Waals surface area contributed by atoms with Crippen molar-refractivity contribution in [2.75, 3.05) is 6.54 Å². The van der Waals surface area contributed by atoms with E-state index >= 15 is 0 Å². The van der Waals surface area contributed by atoms with Crippen LogP contribution in [-0.2, 0) is 0 Å². The van der Waals surface area contributed by atoms with Crippen molar-refractivity contribution in [2.45, 2.75) is 31.7 Å². The molecule has 20 heavy (non-hydrogen) atoms. The molecule has 1 amide bonds. The number of hydrogen-bond acceptors (Lipinski definition) is 2. The lowest BCUT2D eigenvalue weighted by Crippen LogP contribution is -2.23. The normalized spacial score (nSPS) is 15.6. The number of nitrogens with one attached hydrogen (secondary N) is 1. The Labute approximate surface area is 118 Å². The van der Waals surface area contributed by atoms with Crippen LogP contribution < -0.4 is 5.32 Å². The fourth-order valence-electron chi connectivity index (χ4n) is 2.91. The second kappa shape index (κ2) is 5.49. The first-order valence-electron chi connectivity index (χ1n) is 7.15. The van der Waals surface area contributed by atoms with E-state index in [1.807, 2.05) is 24.5 Å². The van der Waals surface area contributed by atoms with Gasteiger partial charge in [-0.3, -0.25) is 4.79 Å². The van der Waals surface area contributed by atoms with Crippen LogP contribution in [0.2, 0.25) is 0 Å². The van der Waals surface area contributed by atoms with Gasteiger partial charge in [-0.1, -0.05) is 18.9 Å². The second-order valence-corrected chi connectivity index (χ2v) is 5.29. The van der Waals surface area contributed by atoms with Crippen LogP contribution in [0.15, 0.2) is 37.2 Å². The highest BCUT2D eigenvalue weighted by molar-refractivity contribution is 5.97. The summed E-state index contributed by atoms with van der Waals surface area (Å²) in [6.45, 7) is 4.07. The van der Waals surface area contributed by atoms with E-state index in [0.29, 0.717) is 18.2 Å². The van der Waals surface area contributed by atoms with Gasteiger partial charge < -0.3 is 9.88 Å². The number of carbonyl (C=O) groups excluding carboxylic acids is 1. The van der Waals surface area contributed by atoms with Gasteiger partial charge in [-0.05, 0) is 31.0 Å². The highest BCUT2D eigenvalue weighted by atomic mass is 16.1. The van der Waals surface area contributed by atoms with Gasteiger partial charge in [0.05, 0.1) is 17.4 Å². The molecule has 104 valence electrons. The molecule has 1 heterocycles. The van der Waals surface area contributed by atoms with Crippen molar-refractivity contribution in [1.82, 2.24) is 14.9 Å². The summed E-state index contributed by atoms with van der Waals surface area (Å²) in [5, 5.41) is 2.78. The van der Waals surface area contributed by atoms with Gasteiger partial charge in [0.15, 0.2) is 0 Å². The third-order valence-corrected chi connectivity index (χ3v) is 3.96. The van der Waals surface area contributed by atoms with Gasteiger partial charge in [0, 0.05) is 18.2 Å². The summed E-state index contributed by atoms with van der Waals surface area (Å²) < 4.78 is 2.26. The van der Waals surface area contributed by atoms with Crippen LogP contribution in [0.3, 0.4) is 0 Å². The quantitative estimate of drug-likeness (QED) is 0.867. The maximum Gasteiger partial charge on any atom is 0.251 e. The van der Waals surface area contributed by atoms with Gasteiger partial charge >= 0.3 is 0 Å². The zero-order valence-electron chi connectivity index (χ0n) is 11.5. The highest BCUT2D eigenvalue weighted by Gasteiger charge is 2.19. The van der Waals surface area contributed by atoms with E-state index in [0.717, 1.165) is 11.0 Å². The lowest BCUT2D eigenvalue weighted by molar-refractivity contribution is 0.0958. The lowest BCUT2D eigenvalue weighted by atomic mass is 10.1. The van der Waals surface area contributed by atoms with Crippen LogP contribution in [0.5, 0.6) is 0 Å². The van der Waals surface area contributed by atoms with Crippen LogP contribution >= 0.6 is 0 Å². The summed E-state index contributed by atoms with van der Waals surface area (Å²) >= 11 is 0. The number of amides is 1. The summed E-state index contributed by atoms with van der Waals surface area (Å²) in [5.74, 6) is -0.0813. The molecule has 1 aromatic carbocycles. The molecule has 3 rings (SSSR count). The van der Waals surface area contributed by atoms with Crippen molar-refractivity contribution in [3.63, 3.8) is 0 Å². The van der Waals surface area contributed by atoms with Crippen molar-refractivity contribution in [1.29, 1.82) is 0 Å². The van der Waals surface area contributed by atoms with E-state index in [4.69, 9.17) is 0 Å². The van der Waals surface area contributed by atoms with Gasteiger partial charge in [0.2, 0.25) is 0 Å². The first-order valence-corrected chi connectivity index (χ1v) is 7.15. The molecule has 0 atom stereocenters. The number of imidazole rings is 1. The Balaban J connectivity index is 1.89. The fraction of sp³-hybridized carbons (Fsp3) is 0.375. The SMILES string of the molecule is C=CCNC(=O)c1ccc2c(c1)ncn2C1CCCC1. The molecule has 4 heteroatoms. The summed E-state index contributed by atoms with van der Waals surface area (Å²) in [5.41, 5.74) is 2.66. The van der Waals surface area contributed by atoms with Gasteiger partial charge in [0.25, 0.3) is 5.91 Å². The topological polar surface area (TPSA) is 46.9 Å². The average Bonchev–Trinajstić information content (AvgIpc) is 3.12. The number of rotatable bonds is 4. The van der Waals surface area contributed by atoms with E-state index in [1.165, 1.54) is 25.7 Å². The van der Waals surface area contributed by atoms with Gasteiger partial charge in [0.1, 0.15) is 0 Å². The van der Waals surface area contributed by atoms with E-state index in [2.05, 4.69) is 21.4 Å². The van der Waals surface area contributed by atoms with Crippen molar-refractivity contribution < 1.29 is 4.79 Å². The molecule has 1 saturated carbocycles. The number of aromatic nitrogens is 2. The maximum atomic E-state index is 11.9. The Kier molecular flexibility index (Phi) is 3.54. The van der Waals surface area contributed by atoms with Crippen molar-refractivity contribution in [3.8, 4) is 0 Å². The minimum Gasteiger partial charge on any atom is -0.349 e. The smallest absolute Gasteiger partial charge is 0.251 e. The van der Waals surface area contributed by atoms with Crippen LogP contribution in [0.4, 0.5) is 0 Å². The second-order valence-electron chi connectivity index (χ2n) is 5.29. The summed E-state index contributed by atoms with van der Waals surface area (Å²) in [4.78, 5) is 16.4. The lowest BCUT2D eigenvalue weighted by Gasteiger charge is -2.12. The maximum absolute atomic E-state index is 11.9. The van der Waals surface area contributed by atoms with E-state index in [-0.39, 0.29) is 5.91 Å². The predicted octanol–water partition coefficient (Wildman–Crippen LogP) is 3.07. The Morgan fingerprint density at radius 1 is 1.45 bits per heavy atom. The molecule has 0 saturated heterocycles. The summed E-state index contributed by atoms with van der Waals surface area (Å²) in [7, 11) is 0. The standard InChI is InChI=1S/C16H19N3O/c1-2-9-17-16(20)12-7-8-15-14(10-12)18-11-19(15)13-5-3-4-6-13/h2,7-8,10-11,13H,1,3-6,9H2,(H,17,20). The molecule has 1 aromatic heterocycles. The van der Waals surface area contributed by atoms with Crippen LogP contribution in [0.1, 0.15) is 42.1 Å². The number of benzene rings is 1. The largest absolute Gasteiger partial charge is 0.349 e. The van der Waals surface area contributed by atoms with E-state index in [9.17, 15) is 4.79 Å². The monoisotopic (exact) mass is 269 g/mol. The minimum absolute atomic E-state index is 0.0813. The van der Waals surface area contributed by atoms with Crippen LogP contribution in [0, 0.1) is 0 Å². The van der Waals surface area contributed by atoms with Crippen molar-refractivity contribution in [2.24, 2.45) is 0 Å². The molecule has 0 bridgehead atoms. The Morgan fingerprint density at radius 2 is 2.25 bits per heavy atom. The Morgan fingerprint density at radius 3 is 3.00 bits per heavy atom. The molecule has 1 aliphatic rings. The summed E-state index contributed by atoms with van der Waals surface area (Å²) in [6, 6.07) is 6.30. The minimum atomic E-state index is -0.0813. The Hall–Kier alpha value is -2.10. The molecule has 0 radical (unpaired) electrons. The third kappa shape index (κ3) is 2.33. The van der Waals surface area contributed by atoms with Crippen molar-refractivity contribution in [3.05, 3.63) is 42.7 Å². The molecular formula is C16H19N3O. The molecule has 1 aliphatic carbocycles. The molecule has 0 aliphatic heterocycles. The predicted molar refractivity (Wildman–Crippen MR) is 79.8 cm³/mol. The average molecular weight is 269 g/mol. The van der Waals surface area contributed by atoms with E-state index < -0.39 is 0 Å². The van der Waals surface area contributed by atoms with E-state index in [1.54, 1.807) is 6.08 Å². The Bertz CT molecular complexity index is 638. The molecule has 1 N–H and O–H groups in total. The van der Waals surface area contributed by atoms with Crippen LogP contribution in [0.25, 0.3) is 11.0 Å². The highest BCUT2D eigenvalue weighted by Crippen LogP contribution is 2.32. The molecule has 1 fully saturated rings. The zero-order chi connectivity index (χ0) is 13.9. The third-order valence-electron chi connectivity index (χ3n) is 3.96. The molecular weight excluding hydrogens is 250 g/mol. The molecule has 0 spiro atoms. The first-order chi connectivity index (χ1) is 9.79. The number of hydrogen-bond donors (Lipinski definition) is 1. The fourth-order valence-corrected chi connectivity index (χ4v) is 2.91. The van der Waals surface area contributed by atoms with Crippen molar-refractivity contribution >= 4 is 16.9 Å².